The lowest BCUT2D eigenvalue weighted by Crippen LogP contribution is -2.74. The van der Waals surface area contributed by atoms with Gasteiger partial charge in [0.25, 0.3) is 0 Å². The summed E-state index contributed by atoms with van der Waals surface area (Å²) in [6, 6.07) is 5.56. The second-order valence-corrected chi connectivity index (χ2v) is 7.44. The number of ketones is 1. The largest absolute Gasteiger partial charge is 0.378 e. The third kappa shape index (κ3) is 2.56. The van der Waals surface area contributed by atoms with Gasteiger partial charge in [-0.2, -0.15) is 0 Å². The molecule has 1 aromatic carbocycles. The molecule has 5 heteroatoms. The van der Waals surface area contributed by atoms with E-state index in [1.807, 2.05) is 32.9 Å². The van der Waals surface area contributed by atoms with Crippen LogP contribution in [0.3, 0.4) is 0 Å². The summed E-state index contributed by atoms with van der Waals surface area (Å²) in [6.07, 6.45) is 2.89. The van der Waals surface area contributed by atoms with Crippen LogP contribution in [0.1, 0.15) is 56.0 Å². The SMILES string of the molecule is CCOC1CC(N)(C(=O)Nc2ccc3c(c2)C(=O)CCC3)C1(C)C. The van der Waals surface area contributed by atoms with E-state index in [-0.39, 0.29) is 17.8 Å². The van der Waals surface area contributed by atoms with Crippen molar-refractivity contribution >= 4 is 17.4 Å². The van der Waals surface area contributed by atoms with E-state index in [1.165, 1.54) is 0 Å². The van der Waals surface area contributed by atoms with Gasteiger partial charge in [0.15, 0.2) is 5.78 Å². The number of fused-ring (bicyclic) bond motifs is 1. The van der Waals surface area contributed by atoms with Crippen LogP contribution in [0, 0.1) is 5.41 Å². The van der Waals surface area contributed by atoms with Crippen molar-refractivity contribution in [2.24, 2.45) is 11.1 Å². The number of nitrogens with one attached hydrogen (secondary N) is 1. The molecular formula is C19H26N2O3. The summed E-state index contributed by atoms with van der Waals surface area (Å²) in [4.78, 5) is 24.8. The summed E-state index contributed by atoms with van der Waals surface area (Å²) in [5.74, 6) is -0.0677. The minimum absolute atomic E-state index is 0.0108. The molecule has 0 spiro atoms. The monoisotopic (exact) mass is 330 g/mol. The molecular weight excluding hydrogens is 304 g/mol. The van der Waals surface area contributed by atoms with E-state index in [1.54, 1.807) is 6.07 Å². The van der Waals surface area contributed by atoms with Gasteiger partial charge in [-0.05, 0) is 37.5 Å². The highest BCUT2D eigenvalue weighted by Crippen LogP contribution is 2.50. The minimum atomic E-state index is -0.966. The highest BCUT2D eigenvalue weighted by atomic mass is 16.5. The zero-order valence-electron chi connectivity index (χ0n) is 14.6. The number of aryl methyl sites for hydroxylation is 1. The Morgan fingerprint density at radius 2 is 2.12 bits per heavy atom. The molecule has 3 N–H and O–H groups in total. The number of carbonyl (C=O) groups is 2. The molecule has 0 heterocycles. The normalized spacial score (nSPS) is 28.0. The molecule has 0 radical (unpaired) electrons. The number of hydrogen-bond acceptors (Lipinski definition) is 4. The van der Waals surface area contributed by atoms with Gasteiger partial charge in [0.2, 0.25) is 5.91 Å². The highest BCUT2D eigenvalue weighted by molar-refractivity contribution is 6.03. The van der Waals surface area contributed by atoms with Crippen molar-refractivity contribution in [1.82, 2.24) is 0 Å². The second-order valence-electron chi connectivity index (χ2n) is 7.44. The van der Waals surface area contributed by atoms with Gasteiger partial charge in [-0.25, -0.2) is 0 Å². The zero-order chi connectivity index (χ0) is 17.5. The van der Waals surface area contributed by atoms with Crippen LogP contribution in [0.15, 0.2) is 18.2 Å². The van der Waals surface area contributed by atoms with Gasteiger partial charge in [-0.15, -0.1) is 0 Å². The molecule has 3 rings (SSSR count). The van der Waals surface area contributed by atoms with Crippen LogP contribution in [0.5, 0.6) is 0 Å². The first kappa shape index (κ1) is 17.1. The van der Waals surface area contributed by atoms with E-state index >= 15 is 0 Å². The van der Waals surface area contributed by atoms with Crippen LogP contribution in [0.2, 0.25) is 0 Å². The predicted molar refractivity (Wildman–Crippen MR) is 93.1 cm³/mol. The summed E-state index contributed by atoms with van der Waals surface area (Å²) in [5, 5.41) is 2.90. The van der Waals surface area contributed by atoms with E-state index < -0.39 is 11.0 Å². The van der Waals surface area contributed by atoms with E-state index in [0.29, 0.717) is 25.1 Å². The summed E-state index contributed by atoms with van der Waals surface area (Å²) in [7, 11) is 0. The lowest BCUT2D eigenvalue weighted by Gasteiger charge is -2.57. The predicted octanol–water partition coefficient (Wildman–Crippen LogP) is 2.68. The number of anilines is 1. The van der Waals surface area contributed by atoms with Crippen molar-refractivity contribution in [2.45, 2.75) is 58.1 Å². The first-order chi connectivity index (χ1) is 11.3. The van der Waals surface area contributed by atoms with Crippen molar-refractivity contribution in [3.8, 4) is 0 Å². The van der Waals surface area contributed by atoms with Crippen molar-refractivity contribution in [3.05, 3.63) is 29.3 Å². The summed E-state index contributed by atoms with van der Waals surface area (Å²) >= 11 is 0. The fraction of sp³-hybridized carbons (Fsp3) is 0.579. The molecule has 130 valence electrons. The molecule has 2 aliphatic rings. The third-order valence-electron chi connectivity index (χ3n) is 5.75. The van der Waals surface area contributed by atoms with Crippen LogP contribution in [0.25, 0.3) is 0 Å². The van der Waals surface area contributed by atoms with E-state index in [4.69, 9.17) is 10.5 Å². The molecule has 5 nitrogen and oxygen atoms in total. The molecule has 0 saturated heterocycles. The van der Waals surface area contributed by atoms with E-state index in [0.717, 1.165) is 24.0 Å². The highest BCUT2D eigenvalue weighted by Gasteiger charge is 2.62. The third-order valence-corrected chi connectivity index (χ3v) is 5.75. The Morgan fingerprint density at radius 1 is 1.38 bits per heavy atom. The molecule has 2 aliphatic carbocycles. The van der Waals surface area contributed by atoms with Crippen LogP contribution in [-0.4, -0.2) is 29.9 Å². The van der Waals surface area contributed by atoms with Gasteiger partial charge in [0, 0.05) is 36.1 Å². The van der Waals surface area contributed by atoms with Crippen LogP contribution >= 0.6 is 0 Å². The Morgan fingerprint density at radius 3 is 2.79 bits per heavy atom. The average Bonchev–Trinajstić information content (AvgIpc) is 2.55. The molecule has 1 fully saturated rings. The summed E-state index contributed by atoms with van der Waals surface area (Å²) in [6.45, 7) is 6.48. The van der Waals surface area contributed by atoms with E-state index in [2.05, 4.69) is 5.32 Å². The van der Waals surface area contributed by atoms with Crippen molar-refractivity contribution < 1.29 is 14.3 Å². The molecule has 1 amide bonds. The maximum absolute atomic E-state index is 12.8. The quantitative estimate of drug-likeness (QED) is 0.889. The standard InChI is InChI=1S/C19H26N2O3/c1-4-24-16-11-19(20,18(16,2)3)17(23)21-13-9-8-12-6-5-7-15(22)14(12)10-13/h8-10,16H,4-7,11,20H2,1-3H3,(H,21,23). The lowest BCUT2D eigenvalue weighted by atomic mass is 9.54. The Bertz CT molecular complexity index is 683. The number of ether oxygens (including phenoxy) is 1. The van der Waals surface area contributed by atoms with Gasteiger partial charge in [-0.3, -0.25) is 9.59 Å². The maximum Gasteiger partial charge on any atom is 0.245 e. The Kier molecular flexibility index (Phi) is 4.26. The molecule has 1 saturated carbocycles. The number of hydrogen-bond donors (Lipinski definition) is 2. The van der Waals surface area contributed by atoms with Gasteiger partial charge >= 0.3 is 0 Å². The molecule has 0 bridgehead atoms. The number of rotatable bonds is 4. The molecule has 2 atom stereocenters. The average molecular weight is 330 g/mol. The van der Waals surface area contributed by atoms with Gasteiger partial charge in [0.1, 0.15) is 5.54 Å². The molecule has 1 aromatic rings. The summed E-state index contributed by atoms with van der Waals surface area (Å²) in [5.41, 5.74) is 7.42. The number of nitrogens with two attached hydrogens (primary N) is 1. The number of carbonyl (C=O) groups excluding carboxylic acids is 2. The molecule has 24 heavy (non-hydrogen) atoms. The second kappa shape index (κ2) is 5.97. The topological polar surface area (TPSA) is 81.4 Å². The smallest absolute Gasteiger partial charge is 0.245 e. The zero-order valence-corrected chi connectivity index (χ0v) is 14.6. The minimum Gasteiger partial charge on any atom is -0.378 e. The Labute approximate surface area is 142 Å². The first-order valence-electron chi connectivity index (χ1n) is 8.67. The van der Waals surface area contributed by atoms with Crippen LogP contribution in [-0.2, 0) is 16.0 Å². The number of amides is 1. The number of Topliss-reactive ketones (excluding diaryl/α,β-unsaturated/α-hetero) is 1. The molecule has 0 aliphatic heterocycles. The van der Waals surface area contributed by atoms with Crippen LogP contribution in [0.4, 0.5) is 5.69 Å². The fourth-order valence-electron chi connectivity index (χ4n) is 3.77. The Balaban J connectivity index is 1.76. The van der Waals surface area contributed by atoms with Gasteiger partial charge in [0.05, 0.1) is 6.10 Å². The summed E-state index contributed by atoms with van der Waals surface area (Å²) < 4.78 is 5.67. The van der Waals surface area contributed by atoms with Crippen LogP contribution < -0.4 is 11.1 Å². The van der Waals surface area contributed by atoms with Crippen molar-refractivity contribution in [2.75, 3.05) is 11.9 Å². The number of benzene rings is 1. The van der Waals surface area contributed by atoms with Gasteiger partial charge < -0.3 is 15.8 Å². The van der Waals surface area contributed by atoms with E-state index in [9.17, 15) is 9.59 Å². The maximum atomic E-state index is 12.8. The van der Waals surface area contributed by atoms with Gasteiger partial charge in [-0.1, -0.05) is 19.9 Å². The molecule has 2 unspecified atom stereocenters. The first-order valence-corrected chi connectivity index (χ1v) is 8.67. The Hall–Kier alpha value is -1.72. The lowest BCUT2D eigenvalue weighted by molar-refractivity contribution is -0.166. The van der Waals surface area contributed by atoms with Crippen molar-refractivity contribution in [1.29, 1.82) is 0 Å². The molecule has 0 aromatic heterocycles. The fourth-order valence-corrected chi connectivity index (χ4v) is 3.77. The van der Waals surface area contributed by atoms with Crippen molar-refractivity contribution in [3.63, 3.8) is 0 Å².